The molecule has 6 heteroatoms. The molecule has 4 aromatic rings. The summed E-state index contributed by atoms with van der Waals surface area (Å²) >= 11 is 9.48. The van der Waals surface area contributed by atoms with Crippen LogP contribution in [0.25, 0.3) is 0 Å². The highest BCUT2D eigenvalue weighted by Gasteiger charge is 2.18. The second-order valence-corrected chi connectivity index (χ2v) is 8.37. The molecule has 0 saturated heterocycles. The van der Waals surface area contributed by atoms with Crippen LogP contribution in [0.4, 0.5) is 5.69 Å². The van der Waals surface area contributed by atoms with Crippen LogP contribution in [0, 0.1) is 0 Å². The molecule has 0 saturated carbocycles. The average Bonchev–Trinajstić information content (AvgIpc) is 3.36. The maximum atomic E-state index is 6.14. The second kappa shape index (κ2) is 7.44. The number of rotatable bonds is 6. The van der Waals surface area contributed by atoms with Crippen molar-refractivity contribution in [1.82, 2.24) is 9.78 Å². The SMILES string of the molecule is Clc1ccc(C(Nc2cnn(Cc3ccccc3)c2)c2cccs2)s1. The Hall–Kier alpha value is -2.08. The van der Waals surface area contributed by atoms with Crippen LogP contribution in [0.15, 0.2) is 72.4 Å². The third-order valence-corrected chi connectivity index (χ3v) is 6.07. The Balaban J connectivity index is 1.55. The zero-order chi connectivity index (χ0) is 17.1. The third-order valence-electron chi connectivity index (χ3n) is 3.84. The Bertz CT molecular complexity index is 929. The molecule has 3 nitrogen and oxygen atoms in total. The molecular formula is C19H16ClN3S2. The summed E-state index contributed by atoms with van der Waals surface area (Å²) in [6, 6.07) is 18.7. The van der Waals surface area contributed by atoms with Crippen molar-refractivity contribution in [2.24, 2.45) is 0 Å². The standard InChI is InChI=1S/C19H16ClN3S2/c20-18-9-8-17(25-18)19(16-7-4-10-24-16)22-15-11-21-23(13-15)12-14-5-2-1-3-6-14/h1-11,13,19,22H,12H2. The van der Waals surface area contributed by atoms with Crippen molar-refractivity contribution < 1.29 is 0 Å². The van der Waals surface area contributed by atoms with Crippen LogP contribution in [-0.2, 0) is 6.54 Å². The van der Waals surface area contributed by atoms with E-state index in [1.54, 1.807) is 22.7 Å². The molecule has 4 rings (SSSR count). The van der Waals surface area contributed by atoms with Crippen molar-refractivity contribution in [3.8, 4) is 0 Å². The first-order chi connectivity index (χ1) is 12.3. The van der Waals surface area contributed by atoms with Gasteiger partial charge in [0.15, 0.2) is 0 Å². The summed E-state index contributed by atoms with van der Waals surface area (Å²) in [5, 5.41) is 10.2. The molecule has 126 valence electrons. The molecular weight excluding hydrogens is 370 g/mol. The largest absolute Gasteiger partial charge is 0.370 e. The van der Waals surface area contributed by atoms with Crippen LogP contribution < -0.4 is 5.32 Å². The Kier molecular flexibility index (Phi) is 4.88. The van der Waals surface area contributed by atoms with E-state index in [-0.39, 0.29) is 6.04 Å². The molecule has 3 heterocycles. The van der Waals surface area contributed by atoms with E-state index in [0.29, 0.717) is 0 Å². The molecule has 0 aliphatic rings. The van der Waals surface area contributed by atoms with E-state index in [9.17, 15) is 0 Å². The molecule has 0 aliphatic carbocycles. The number of thiophene rings is 2. The van der Waals surface area contributed by atoms with Crippen LogP contribution in [0.3, 0.4) is 0 Å². The fraction of sp³-hybridized carbons (Fsp3) is 0.105. The summed E-state index contributed by atoms with van der Waals surface area (Å²) in [5.41, 5.74) is 2.23. The molecule has 0 aliphatic heterocycles. The Morgan fingerprint density at radius 1 is 1.04 bits per heavy atom. The summed E-state index contributed by atoms with van der Waals surface area (Å²) in [4.78, 5) is 2.46. The van der Waals surface area contributed by atoms with Crippen LogP contribution in [0.2, 0.25) is 4.34 Å². The number of anilines is 1. The first-order valence-corrected chi connectivity index (χ1v) is 9.97. The fourth-order valence-corrected chi connectivity index (χ4v) is 4.68. The van der Waals surface area contributed by atoms with Crippen molar-refractivity contribution in [2.75, 3.05) is 5.32 Å². The van der Waals surface area contributed by atoms with Gasteiger partial charge in [0.1, 0.15) is 0 Å². The van der Waals surface area contributed by atoms with Gasteiger partial charge in [0.2, 0.25) is 0 Å². The van der Waals surface area contributed by atoms with Crippen molar-refractivity contribution in [3.05, 3.63) is 92.0 Å². The lowest BCUT2D eigenvalue weighted by molar-refractivity contribution is 0.687. The van der Waals surface area contributed by atoms with Crippen molar-refractivity contribution >= 4 is 40.0 Å². The molecule has 1 unspecified atom stereocenters. The zero-order valence-corrected chi connectivity index (χ0v) is 15.7. The number of hydrogen-bond acceptors (Lipinski definition) is 4. The number of hydrogen-bond donors (Lipinski definition) is 1. The monoisotopic (exact) mass is 385 g/mol. The van der Waals surface area contributed by atoms with Gasteiger partial charge in [-0.15, -0.1) is 22.7 Å². The minimum absolute atomic E-state index is 0.0897. The topological polar surface area (TPSA) is 29.9 Å². The van der Waals surface area contributed by atoms with Gasteiger partial charge < -0.3 is 5.32 Å². The summed E-state index contributed by atoms with van der Waals surface area (Å²) in [7, 11) is 0. The zero-order valence-electron chi connectivity index (χ0n) is 13.3. The Morgan fingerprint density at radius 2 is 1.92 bits per heavy atom. The van der Waals surface area contributed by atoms with Gasteiger partial charge in [0.25, 0.3) is 0 Å². The van der Waals surface area contributed by atoms with Crippen molar-refractivity contribution in [3.63, 3.8) is 0 Å². The lowest BCUT2D eigenvalue weighted by Crippen LogP contribution is -2.09. The van der Waals surface area contributed by atoms with E-state index >= 15 is 0 Å². The van der Waals surface area contributed by atoms with Crippen LogP contribution >= 0.6 is 34.3 Å². The van der Waals surface area contributed by atoms with Gasteiger partial charge >= 0.3 is 0 Å². The highest BCUT2D eigenvalue weighted by molar-refractivity contribution is 7.16. The van der Waals surface area contributed by atoms with Gasteiger partial charge in [0, 0.05) is 16.0 Å². The molecule has 25 heavy (non-hydrogen) atoms. The van der Waals surface area contributed by atoms with Gasteiger partial charge in [-0.25, -0.2) is 0 Å². The minimum Gasteiger partial charge on any atom is -0.370 e. The van der Waals surface area contributed by atoms with E-state index in [4.69, 9.17) is 11.6 Å². The highest BCUT2D eigenvalue weighted by Crippen LogP contribution is 2.35. The molecule has 0 bridgehead atoms. The second-order valence-electron chi connectivity index (χ2n) is 5.65. The quantitative estimate of drug-likeness (QED) is 0.447. The van der Waals surface area contributed by atoms with Crippen LogP contribution in [0.1, 0.15) is 21.4 Å². The predicted molar refractivity (Wildman–Crippen MR) is 107 cm³/mol. The normalized spacial score (nSPS) is 12.2. The molecule has 0 amide bonds. The predicted octanol–water partition coefficient (Wildman–Crippen LogP) is 5.91. The number of aromatic nitrogens is 2. The molecule has 0 fully saturated rings. The van der Waals surface area contributed by atoms with E-state index in [1.807, 2.05) is 41.3 Å². The lowest BCUT2D eigenvalue weighted by atomic mass is 10.2. The van der Waals surface area contributed by atoms with Gasteiger partial charge in [-0.3, -0.25) is 4.68 Å². The third kappa shape index (κ3) is 3.95. The number of benzene rings is 1. The van der Waals surface area contributed by atoms with Gasteiger partial charge in [-0.2, -0.15) is 5.10 Å². The van der Waals surface area contributed by atoms with Crippen LogP contribution in [-0.4, -0.2) is 9.78 Å². The molecule has 1 aromatic carbocycles. The maximum absolute atomic E-state index is 6.14. The average molecular weight is 386 g/mol. The van der Waals surface area contributed by atoms with E-state index in [2.05, 4.69) is 46.1 Å². The fourth-order valence-electron chi connectivity index (χ4n) is 2.68. The number of nitrogens with zero attached hydrogens (tertiary/aromatic N) is 2. The smallest absolute Gasteiger partial charge is 0.0954 e. The number of nitrogens with one attached hydrogen (secondary N) is 1. The molecule has 1 N–H and O–H groups in total. The first-order valence-electron chi connectivity index (χ1n) is 7.89. The molecule has 0 spiro atoms. The number of halogens is 1. The molecule has 0 radical (unpaired) electrons. The highest BCUT2D eigenvalue weighted by atomic mass is 35.5. The lowest BCUT2D eigenvalue weighted by Gasteiger charge is -2.16. The Morgan fingerprint density at radius 3 is 2.64 bits per heavy atom. The summed E-state index contributed by atoms with van der Waals surface area (Å²) in [6.45, 7) is 0.761. The van der Waals surface area contributed by atoms with Gasteiger partial charge in [-0.05, 0) is 29.1 Å². The van der Waals surface area contributed by atoms with Crippen LogP contribution in [0.5, 0.6) is 0 Å². The summed E-state index contributed by atoms with van der Waals surface area (Å²) < 4.78 is 2.75. The first kappa shape index (κ1) is 16.4. The summed E-state index contributed by atoms with van der Waals surface area (Å²) in [5.74, 6) is 0. The van der Waals surface area contributed by atoms with E-state index < -0.39 is 0 Å². The molecule has 3 aromatic heterocycles. The minimum atomic E-state index is 0.0897. The van der Waals surface area contributed by atoms with Gasteiger partial charge in [0.05, 0.1) is 28.8 Å². The van der Waals surface area contributed by atoms with Crippen molar-refractivity contribution in [1.29, 1.82) is 0 Å². The molecule has 1 atom stereocenters. The van der Waals surface area contributed by atoms with Crippen molar-refractivity contribution in [2.45, 2.75) is 12.6 Å². The maximum Gasteiger partial charge on any atom is 0.0954 e. The van der Waals surface area contributed by atoms with Gasteiger partial charge in [-0.1, -0.05) is 48.0 Å². The Labute approximate surface area is 159 Å². The van der Waals surface area contributed by atoms with E-state index in [0.717, 1.165) is 16.6 Å². The summed E-state index contributed by atoms with van der Waals surface area (Å²) in [6.07, 6.45) is 3.92. The van der Waals surface area contributed by atoms with E-state index in [1.165, 1.54) is 15.3 Å².